The van der Waals surface area contributed by atoms with Crippen molar-refractivity contribution in [1.29, 1.82) is 0 Å². The first kappa shape index (κ1) is 7.43. The molecule has 2 aromatic rings. The lowest BCUT2D eigenvalue weighted by molar-refractivity contribution is 1.17. The van der Waals surface area contributed by atoms with Crippen molar-refractivity contribution in [2.75, 3.05) is 0 Å². The van der Waals surface area contributed by atoms with E-state index in [1.165, 1.54) is 6.33 Å². The van der Waals surface area contributed by atoms with Gasteiger partial charge in [-0.25, -0.2) is 15.0 Å². The number of fused-ring (bicyclic) bond motifs is 1. The normalized spacial score (nSPS) is 10.5. The summed E-state index contributed by atoms with van der Waals surface area (Å²) in [5, 5.41) is 1.42. The minimum Gasteiger partial charge on any atom is -0.244 e. The molecule has 0 aliphatic carbocycles. The number of hydrogen-bond acceptors (Lipinski definition) is 3. The van der Waals surface area contributed by atoms with Crippen molar-refractivity contribution in [2.45, 2.75) is 6.92 Å². The zero-order valence-electron chi connectivity index (χ0n) is 6.45. The summed E-state index contributed by atoms with van der Waals surface area (Å²) >= 11 is 5.75. The van der Waals surface area contributed by atoms with Crippen molar-refractivity contribution in [3.63, 3.8) is 0 Å². The van der Waals surface area contributed by atoms with Crippen molar-refractivity contribution in [3.8, 4) is 0 Å². The van der Waals surface area contributed by atoms with Crippen molar-refractivity contribution >= 4 is 22.6 Å². The van der Waals surface area contributed by atoms with E-state index < -0.39 is 0 Å². The van der Waals surface area contributed by atoms with Gasteiger partial charge in [0.15, 0.2) is 5.65 Å². The van der Waals surface area contributed by atoms with Gasteiger partial charge < -0.3 is 0 Å². The molecule has 0 aliphatic rings. The van der Waals surface area contributed by atoms with Crippen LogP contribution in [0.3, 0.4) is 0 Å². The first-order chi connectivity index (χ1) is 5.77. The second-order valence-electron chi connectivity index (χ2n) is 2.52. The highest BCUT2D eigenvalue weighted by atomic mass is 35.5. The molecule has 0 aliphatic heterocycles. The maximum atomic E-state index is 5.75. The molecular weight excluding hydrogens is 174 g/mol. The SMILES string of the molecule is Cc1cc(Cl)nc2ncncc12. The summed E-state index contributed by atoms with van der Waals surface area (Å²) in [6, 6.07) is 1.80. The van der Waals surface area contributed by atoms with Crippen LogP contribution in [-0.4, -0.2) is 15.0 Å². The van der Waals surface area contributed by atoms with Gasteiger partial charge in [0.2, 0.25) is 0 Å². The molecule has 3 nitrogen and oxygen atoms in total. The van der Waals surface area contributed by atoms with Gasteiger partial charge in [-0.2, -0.15) is 0 Å². The predicted octanol–water partition coefficient (Wildman–Crippen LogP) is 1.99. The second kappa shape index (κ2) is 2.68. The van der Waals surface area contributed by atoms with Crippen LogP contribution in [0.15, 0.2) is 18.6 Å². The fourth-order valence-corrected chi connectivity index (χ4v) is 1.32. The van der Waals surface area contributed by atoms with E-state index in [1.807, 2.05) is 6.92 Å². The van der Waals surface area contributed by atoms with Crippen LogP contribution in [0.25, 0.3) is 11.0 Å². The molecule has 0 saturated carbocycles. The number of nitrogens with zero attached hydrogens (tertiary/aromatic N) is 3. The highest BCUT2D eigenvalue weighted by Gasteiger charge is 2.00. The van der Waals surface area contributed by atoms with Gasteiger partial charge in [0.1, 0.15) is 11.5 Å². The summed E-state index contributed by atoms with van der Waals surface area (Å²) in [6.45, 7) is 1.96. The monoisotopic (exact) mass is 179 g/mol. The van der Waals surface area contributed by atoms with Crippen LogP contribution < -0.4 is 0 Å². The molecule has 2 heterocycles. The summed E-state index contributed by atoms with van der Waals surface area (Å²) in [5.41, 5.74) is 1.70. The topological polar surface area (TPSA) is 38.7 Å². The van der Waals surface area contributed by atoms with Crippen molar-refractivity contribution < 1.29 is 0 Å². The van der Waals surface area contributed by atoms with E-state index in [0.717, 1.165) is 10.9 Å². The molecule has 0 N–H and O–H groups in total. The highest BCUT2D eigenvalue weighted by Crippen LogP contribution is 2.16. The first-order valence-electron chi connectivity index (χ1n) is 3.50. The third kappa shape index (κ3) is 1.12. The minimum atomic E-state index is 0.471. The predicted molar refractivity (Wildman–Crippen MR) is 47.1 cm³/mol. The minimum absolute atomic E-state index is 0.471. The molecule has 0 spiro atoms. The Morgan fingerprint density at radius 3 is 3.08 bits per heavy atom. The molecular formula is C8H6ClN3. The Balaban J connectivity index is 2.89. The van der Waals surface area contributed by atoms with Crippen molar-refractivity contribution in [1.82, 2.24) is 15.0 Å². The lowest BCUT2D eigenvalue weighted by Crippen LogP contribution is -1.88. The molecule has 0 fully saturated rings. The number of halogens is 1. The maximum absolute atomic E-state index is 5.75. The third-order valence-electron chi connectivity index (χ3n) is 1.66. The van der Waals surface area contributed by atoms with E-state index in [4.69, 9.17) is 11.6 Å². The fourth-order valence-electron chi connectivity index (χ4n) is 1.08. The van der Waals surface area contributed by atoms with Crippen LogP contribution in [-0.2, 0) is 0 Å². The molecule has 0 amide bonds. The molecule has 0 saturated heterocycles. The van der Waals surface area contributed by atoms with E-state index in [2.05, 4.69) is 15.0 Å². The molecule has 0 atom stereocenters. The van der Waals surface area contributed by atoms with Crippen LogP contribution >= 0.6 is 11.6 Å². The van der Waals surface area contributed by atoms with Crippen LogP contribution in [0.2, 0.25) is 5.15 Å². The summed E-state index contributed by atoms with van der Waals surface area (Å²) < 4.78 is 0. The Kier molecular flexibility index (Phi) is 1.66. The summed E-state index contributed by atoms with van der Waals surface area (Å²) in [4.78, 5) is 12.0. The van der Waals surface area contributed by atoms with Crippen LogP contribution in [0.5, 0.6) is 0 Å². The molecule has 0 bridgehead atoms. The Labute approximate surface area is 74.4 Å². The van der Waals surface area contributed by atoms with Gasteiger partial charge in [-0.1, -0.05) is 11.6 Å². The van der Waals surface area contributed by atoms with Gasteiger partial charge in [0, 0.05) is 11.6 Å². The summed E-state index contributed by atoms with van der Waals surface area (Å²) in [6.07, 6.45) is 3.20. The Morgan fingerprint density at radius 2 is 2.25 bits per heavy atom. The van der Waals surface area contributed by atoms with Gasteiger partial charge >= 0.3 is 0 Å². The average Bonchev–Trinajstić information content (AvgIpc) is 2.04. The third-order valence-corrected chi connectivity index (χ3v) is 1.86. The number of pyridine rings is 1. The molecule has 2 rings (SSSR count). The lowest BCUT2D eigenvalue weighted by atomic mass is 10.2. The zero-order chi connectivity index (χ0) is 8.55. The van der Waals surface area contributed by atoms with Crippen LogP contribution in [0, 0.1) is 6.92 Å². The molecule has 0 unspecified atom stereocenters. The number of aromatic nitrogens is 3. The smallest absolute Gasteiger partial charge is 0.164 e. The van der Waals surface area contributed by atoms with Gasteiger partial charge in [0.25, 0.3) is 0 Å². The Hall–Kier alpha value is -1.22. The van der Waals surface area contributed by atoms with E-state index in [1.54, 1.807) is 12.3 Å². The molecule has 60 valence electrons. The van der Waals surface area contributed by atoms with Gasteiger partial charge in [-0.3, -0.25) is 0 Å². The molecule has 0 radical (unpaired) electrons. The standard InChI is InChI=1S/C8H6ClN3/c1-5-2-7(9)12-8-6(5)3-10-4-11-8/h2-4H,1H3. The van der Waals surface area contributed by atoms with E-state index in [9.17, 15) is 0 Å². The average molecular weight is 180 g/mol. The van der Waals surface area contributed by atoms with E-state index >= 15 is 0 Å². The van der Waals surface area contributed by atoms with E-state index in [0.29, 0.717) is 10.8 Å². The molecule has 0 aromatic carbocycles. The quantitative estimate of drug-likeness (QED) is 0.581. The Morgan fingerprint density at radius 1 is 1.42 bits per heavy atom. The Bertz CT molecular complexity index is 428. The zero-order valence-corrected chi connectivity index (χ0v) is 7.21. The fraction of sp³-hybridized carbons (Fsp3) is 0.125. The van der Waals surface area contributed by atoms with Gasteiger partial charge in [-0.15, -0.1) is 0 Å². The van der Waals surface area contributed by atoms with Crippen LogP contribution in [0.4, 0.5) is 0 Å². The van der Waals surface area contributed by atoms with Crippen molar-refractivity contribution in [2.24, 2.45) is 0 Å². The lowest BCUT2D eigenvalue weighted by Gasteiger charge is -1.98. The highest BCUT2D eigenvalue weighted by molar-refractivity contribution is 6.29. The number of hydrogen-bond donors (Lipinski definition) is 0. The van der Waals surface area contributed by atoms with Crippen LogP contribution in [0.1, 0.15) is 5.56 Å². The van der Waals surface area contributed by atoms with E-state index in [-0.39, 0.29) is 0 Å². The molecule has 2 aromatic heterocycles. The molecule has 4 heteroatoms. The summed E-state index contributed by atoms with van der Waals surface area (Å²) in [5.74, 6) is 0. The number of aryl methyl sites for hydroxylation is 1. The first-order valence-corrected chi connectivity index (χ1v) is 3.88. The van der Waals surface area contributed by atoms with Crippen molar-refractivity contribution in [3.05, 3.63) is 29.3 Å². The largest absolute Gasteiger partial charge is 0.244 e. The second-order valence-corrected chi connectivity index (χ2v) is 2.91. The number of rotatable bonds is 0. The maximum Gasteiger partial charge on any atom is 0.164 e. The summed E-state index contributed by atoms with van der Waals surface area (Å²) in [7, 11) is 0. The van der Waals surface area contributed by atoms with Gasteiger partial charge in [-0.05, 0) is 18.6 Å². The van der Waals surface area contributed by atoms with Gasteiger partial charge in [0.05, 0.1) is 0 Å². The molecule has 12 heavy (non-hydrogen) atoms.